The van der Waals surface area contributed by atoms with Gasteiger partial charge >= 0.3 is 0 Å². The molecule has 0 spiro atoms. The highest BCUT2D eigenvalue weighted by Gasteiger charge is 2.22. The number of nitrogens with zero attached hydrogens (tertiary/aromatic N) is 1. The van der Waals surface area contributed by atoms with Crippen LogP contribution >= 0.6 is 0 Å². The second-order valence-electron chi connectivity index (χ2n) is 4.16. The number of H-pyrrole nitrogens is 1. The van der Waals surface area contributed by atoms with Crippen molar-refractivity contribution in [1.82, 2.24) is 15.3 Å². The molecule has 0 radical (unpaired) electrons. The number of fused-ring (bicyclic) bond motifs is 1. The van der Waals surface area contributed by atoms with E-state index in [1.807, 2.05) is 18.5 Å². The molecule has 3 heterocycles. The van der Waals surface area contributed by atoms with Gasteiger partial charge in [0.2, 0.25) is 0 Å². The van der Waals surface area contributed by atoms with Crippen molar-refractivity contribution >= 4 is 16.7 Å². The molecule has 0 amide bonds. The van der Waals surface area contributed by atoms with E-state index in [1.165, 1.54) is 0 Å². The van der Waals surface area contributed by atoms with Crippen LogP contribution in [0.1, 0.15) is 24.4 Å². The number of hydrogen-bond acceptors (Lipinski definition) is 3. The van der Waals surface area contributed by atoms with Crippen LogP contribution in [0.3, 0.4) is 0 Å². The van der Waals surface area contributed by atoms with Gasteiger partial charge in [-0.05, 0) is 11.6 Å². The molecule has 2 aromatic heterocycles. The molecule has 1 fully saturated rings. The van der Waals surface area contributed by atoms with Crippen LogP contribution in [0, 0.1) is 0 Å². The molecule has 0 aromatic carbocycles. The lowest BCUT2D eigenvalue weighted by Crippen LogP contribution is -2.31. The second kappa shape index (κ2) is 3.72. The van der Waals surface area contributed by atoms with Crippen molar-refractivity contribution in [2.24, 2.45) is 0 Å². The Bertz CT molecular complexity index is 532. The first-order valence-corrected chi connectivity index (χ1v) is 5.50. The minimum Gasteiger partial charge on any atom is -0.361 e. The Morgan fingerprint density at radius 3 is 3.25 bits per heavy atom. The molecular weight excluding hydrogens is 202 g/mol. The highest BCUT2D eigenvalue weighted by atomic mass is 16.1. The molecule has 1 saturated heterocycles. The molecule has 1 unspecified atom stereocenters. The van der Waals surface area contributed by atoms with E-state index in [0.717, 1.165) is 23.0 Å². The highest BCUT2D eigenvalue weighted by Crippen LogP contribution is 2.27. The molecule has 16 heavy (non-hydrogen) atoms. The van der Waals surface area contributed by atoms with Crippen molar-refractivity contribution in [1.29, 1.82) is 0 Å². The summed E-state index contributed by atoms with van der Waals surface area (Å²) >= 11 is 0. The molecule has 1 atom stereocenters. The summed E-state index contributed by atoms with van der Waals surface area (Å²) in [5.41, 5.74) is 2.22. The number of rotatable bonds is 1. The maximum absolute atomic E-state index is 11.4. The van der Waals surface area contributed by atoms with Gasteiger partial charge in [-0.25, -0.2) is 0 Å². The fourth-order valence-corrected chi connectivity index (χ4v) is 2.28. The van der Waals surface area contributed by atoms with Gasteiger partial charge in [0.25, 0.3) is 0 Å². The van der Waals surface area contributed by atoms with Crippen molar-refractivity contribution in [3.63, 3.8) is 0 Å². The van der Waals surface area contributed by atoms with Crippen molar-refractivity contribution < 1.29 is 4.79 Å². The quantitative estimate of drug-likeness (QED) is 0.759. The number of ketones is 1. The zero-order chi connectivity index (χ0) is 11.0. The van der Waals surface area contributed by atoms with E-state index < -0.39 is 0 Å². The molecule has 3 rings (SSSR count). The number of piperidine rings is 1. The van der Waals surface area contributed by atoms with Crippen LogP contribution in [0.25, 0.3) is 10.9 Å². The summed E-state index contributed by atoms with van der Waals surface area (Å²) in [4.78, 5) is 18.8. The Morgan fingerprint density at radius 2 is 2.38 bits per heavy atom. The van der Waals surface area contributed by atoms with Crippen molar-refractivity contribution in [2.45, 2.75) is 18.9 Å². The van der Waals surface area contributed by atoms with Gasteiger partial charge in [0.15, 0.2) is 0 Å². The summed E-state index contributed by atoms with van der Waals surface area (Å²) in [5, 5.41) is 4.48. The van der Waals surface area contributed by atoms with Crippen LogP contribution in [0.2, 0.25) is 0 Å². The lowest BCUT2D eigenvalue weighted by molar-refractivity contribution is -0.120. The largest absolute Gasteiger partial charge is 0.361 e. The maximum atomic E-state index is 11.4. The minimum absolute atomic E-state index is 0.138. The van der Waals surface area contributed by atoms with Crippen molar-refractivity contribution in [2.75, 3.05) is 6.54 Å². The van der Waals surface area contributed by atoms with Crippen LogP contribution in [-0.2, 0) is 4.79 Å². The molecule has 0 aliphatic carbocycles. The van der Waals surface area contributed by atoms with Gasteiger partial charge in [0.05, 0.1) is 0 Å². The number of hydrogen-bond donors (Lipinski definition) is 2. The number of carbonyl (C=O) groups is 1. The number of pyridine rings is 1. The first-order chi connectivity index (χ1) is 7.84. The van der Waals surface area contributed by atoms with Gasteiger partial charge in [-0.3, -0.25) is 9.78 Å². The molecule has 82 valence electrons. The predicted octanol–water partition coefficient (Wildman–Crippen LogP) is 1.56. The Hall–Kier alpha value is -1.68. The molecule has 4 heteroatoms. The maximum Gasteiger partial charge on any atom is 0.136 e. The standard InChI is InChI=1S/C12H13N3O/c16-8-1-4-14-12(5-8)10-7-15-11-2-3-13-6-9(10)11/h2-3,6-7,12,14-15H,1,4-5H2. The number of nitrogens with one attached hydrogen (secondary N) is 2. The van der Waals surface area contributed by atoms with E-state index in [2.05, 4.69) is 15.3 Å². The van der Waals surface area contributed by atoms with E-state index in [9.17, 15) is 4.79 Å². The Morgan fingerprint density at radius 1 is 1.44 bits per heavy atom. The number of aromatic nitrogens is 2. The zero-order valence-corrected chi connectivity index (χ0v) is 8.86. The molecule has 4 nitrogen and oxygen atoms in total. The van der Waals surface area contributed by atoms with Gasteiger partial charge in [-0.2, -0.15) is 0 Å². The summed E-state index contributed by atoms with van der Waals surface area (Å²) in [6.45, 7) is 0.774. The van der Waals surface area contributed by atoms with E-state index in [1.54, 1.807) is 6.20 Å². The average molecular weight is 215 g/mol. The third kappa shape index (κ3) is 1.51. The van der Waals surface area contributed by atoms with Crippen LogP contribution in [0.15, 0.2) is 24.7 Å². The summed E-state index contributed by atoms with van der Waals surface area (Å²) < 4.78 is 0. The molecule has 0 saturated carbocycles. The van der Waals surface area contributed by atoms with Gasteiger partial charge in [0.1, 0.15) is 5.78 Å². The smallest absolute Gasteiger partial charge is 0.136 e. The van der Waals surface area contributed by atoms with E-state index >= 15 is 0 Å². The summed E-state index contributed by atoms with van der Waals surface area (Å²) in [7, 11) is 0. The SMILES string of the molecule is O=C1CCNC(c2c[nH]c3ccncc23)C1. The Balaban J connectivity index is 2.02. The minimum atomic E-state index is 0.138. The molecule has 1 aliphatic rings. The lowest BCUT2D eigenvalue weighted by Gasteiger charge is -2.22. The van der Waals surface area contributed by atoms with Gasteiger partial charge in [-0.15, -0.1) is 0 Å². The molecule has 1 aliphatic heterocycles. The number of carbonyl (C=O) groups excluding carboxylic acids is 1. The summed E-state index contributed by atoms with van der Waals surface area (Å²) in [6, 6.07) is 2.09. The number of Topliss-reactive ketones (excluding diaryl/α,β-unsaturated/α-hetero) is 1. The fourth-order valence-electron chi connectivity index (χ4n) is 2.28. The highest BCUT2D eigenvalue weighted by molar-refractivity contribution is 5.85. The van der Waals surface area contributed by atoms with Crippen LogP contribution < -0.4 is 5.32 Å². The first-order valence-electron chi connectivity index (χ1n) is 5.50. The van der Waals surface area contributed by atoms with Crippen molar-refractivity contribution in [3.8, 4) is 0 Å². The first kappa shape index (κ1) is 9.54. The Labute approximate surface area is 93.1 Å². The number of aromatic amines is 1. The molecule has 2 N–H and O–H groups in total. The van der Waals surface area contributed by atoms with E-state index in [0.29, 0.717) is 18.6 Å². The monoisotopic (exact) mass is 215 g/mol. The fraction of sp³-hybridized carbons (Fsp3) is 0.333. The van der Waals surface area contributed by atoms with Gasteiger partial charge in [0, 0.05) is 54.9 Å². The topological polar surface area (TPSA) is 57.8 Å². The third-order valence-electron chi connectivity index (χ3n) is 3.12. The molecule has 2 aromatic rings. The zero-order valence-electron chi connectivity index (χ0n) is 8.86. The van der Waals surface area contributed by atoms with Gasteiger partial charge in [-0.1, -0.05) is 0 Å². The normalized spacial score (nSPS) is 21.5. The van der Waals surface area contributed by atoms with Gasteiger partial charge < -0.3 is 10.3 Å². The summed E-state index contributed by atoms with van der Waals surface area (Å²) in [6.07, 6.45) is 6.82. The van der Waals surface area contributed by atoms with Crippen LogP contribution in [0.5, 0.6) is 0 Å². The van der Waals surface area contributed by atoms with Crippen molar-refractivity contribution in [3.05, 3.63) is 30.2 Å². The third-order valence-corrected chi connectivity index (χ3v) is 3.12. The van der Waals surface area contributed by atoms with Crippen LogP contribution in [-0.4, -0.2) is 22.3 Å². The lowest BCUT2D eigenvalue weighted by atomic mass is 9.97. The summed E-state index contributed by atoms with van der Waals surface area (Å²) in [5.74, 6) is 0.335. The van der Waals surface area contributed by atoms with E-state index in [-0.39, 0.29) is 6.04 Å². The van der Waals surface area contributed by atoms with Crippen LogP contribution in [0.4, 0.5) is 0 Å². The van der Waals surface area contributed by atoms with E-state index in [4.69, 9.17) is 0 Å². The second-order valence-corrected chi connectivity index (χ2v) is 4.16. The predicted molar refractivity (Wildman–Crippen MR) is 61.1 cm³/mol. The Kier molecular flexibility index (Phi) is 2.22. The average Bonchev–Trinajstić information content (AvgIpc) is 2.72. The molecule has 0 bridgehead atoms. The molecular formula is C12H13N3O.